The van der Waals surface area contributed by atoms with Crippen molar-refractivity contribution in [2.45, 2.75) is 18.9 Å². The van der Waals surface area contributed by atoms with Gasteiger partial charge in [0.15, 0.2) is 17.0 Å². The van der Waals surface area contributed by atoms with E-state index in [4.69, 9.17) is 5.73 Å². The third-order valence-corrected chi connectivity index (χ3v) is 4.15. The average molecular weight is 329 g/mol. The number of piperidine rings is 1. The molecule has 1 atom stereocenters. The van der Waals surface area contributed by atoms with Crippen LogP contribution in [0.1, 0.15) is 18.9 Å². The van der Waals surface area contributed by atoms with Crippen molar-refractivity contribution in [3.05, 3.63) is 36.7 Å². The molecule has 0 saturated carbocycles. The molecule has 3 heterocycles. The van der Waals surface area contributed by atoms with Crippen LogP contribution in [0.15, 0.2) is 36.7 Å². The lowest BCUT2D eigenvalue weighted by Gasteiger charge is -2.34. The topological polar surface area (TPSA) is 85.7 Å². The Balaban J connectivity index is 0.00000156. The predicted octanol–water partition coefficient (Wildman–Crippen LogP) is 1.76. The quantitative estimate of drug-likeness (QED) is 0.771. The molecular formula is C15H19N7S. The maximum absolute atomic E-state index is 5.84. The molecule has 1 saturated heterocycles. The Labute approximate surface area is 141 Å². The van der Waals surface area contributed by atoms with E-state index in [1.54, 1.807) is 0 Å². The summed E-state index contributed by atoms with van der Waals surface area (Å²) < 4.78 is 1.89. The van der Waals surface area contributed by atoms with Crippen LogP contribution in [0.4, 0.5) is 11.5 Å². The lowest BCUT2D eigenvalue weighted by atomic mass is 10.1. The summed E-state index contributed by atoms with van der Waals surface area (Å²) in [7, 11) is 0. The van der Waals surface area contributed by atoms with Crippen LogP contribution in [0.2, 0.25) is 0 Å². The third-order valence-electron chi connectivity index (χ3n) is 4.15. The normalized spacial score (nSPS) is 17.9. The smallest absolute Gasteiger partial charge is 0.184 e. The Morgan fingerprint density at radius 3 is 2.78 bits per heavy atom. The first-order valence-corrected chi connectivity index (χ1v) is 7.44. The van der Waals surface area contributed by atoms with Gasteiger partial charge in [-0.1, -0.05) is 23.4 Å². The molecule has 0 spiro atoms. The number of para-hydroxylation sites is 1. The first kappa shape index (κ1) is 15.5. The highest BCUT2D eigenvalue weighted by Gasteiger charge is 2.24. The van der Waals surface area contributed by atoms with Crippen LogP contribution in [-0.4, -0.2) is 38.1 Å². The number of rotatable bonds is 2. The molecule has 0 unspecified atom stereocenters. The molecule has 0 radical (unpaired) electrons. The second-order valence-corrected chi connectivity index (χ2v) is 5.54. The van der Waals surface area contributed by atoms with Crippen molar-refractivity contribution in [1.29, 1.82) is 0 Å². The van der Waals surface area contributed by atoms with Crippen molar-refractivity contribution >= 4 is 36.2 Å². The zero-order valence-corrected chi connectivity index (χ0v) is 13.6. The van der Waals surface area contributed by atoms with Gasteiger partial charge in [-0.15, -0.1) is 5.10 Å². The van der Waals surface area contributed by atoms with Crippen LogP contribution < -0.4 is 10.6 Å². The molecule has 1 fully saturated rings. The van der Waals surface area contributed by atoms with E-state index in [0.29, 0.717) is 17.0 Å². The van der Waals surface area contributed by atoms with Gasteiger partial charge in [-0.2, -0.15) is 13.5 Å². The zero-order valence-electron chi connectivity index (χ0n) is 12.6. The maximum Gasteiger partial charge on any atom is 0.184 e. The van der Waals surface area contributed by atoms with Crippen LogP contribution in [0.5, 0.6) is 0 Å². The summed E-state index contributed by atoms with van der Waals surface area (Å²) >= 11 is 0. The fraction of sp³-hybridized carbons (Fsp3) is 0.333. The first-order valence-electron chi connectivity index (χ1n) is 7.44. The predicted molar refractivity (Wildman–Crippen MR) is 94.8 cm³/mol. The van der Waals surface area contributed by atoms with Crippen LogP contribution >= 0.6 is 13.5 Å². The highest BCUT2D eigenvalue weighted by Crippen LogP contribution is 2.27. The van der Waals surface area contributed by atoms with E-state index < -0.39 is 0 Å². The summed E-state index contributed by atoms with van der Waals surface area (Å²) in [6, 6.07) is 10.7. The Hall–Kier alpha value is -2.35. The van der Waals surface area contributed by atoms with Gasteiger partial charge < -0.3 is 10.6 Å². The number of nitrogens with zero attached hydrogens (tertiary/aromatic N) is 6. The van der Waals surface area contributed by atoms with Gasteiger partial charge in [-0.3, -0.25) is 0 Å². The van der Waals surface area contributed by atoms with Gasteiger partial charge in [-0.05, 0) is 25.0 Å². The summed E-state index contributed by atoms with van der Waals surface area (Å²) in [5.41, 5.74) is 8.38. The molecule has 0 aliphatic carbocycles. The van der Waals surface area contributed by atoms with E-state index in [0.717, 1.165) is 25.9 Å². The van der Waals surface area contributed by atoms with Crippen molar-refractivity contribution in [3.8, 4) is 0 Å². The second kappa shape index (κ2) is 6.41. The van der Waals surface area contributed by atoms with Crippen LogP contribution in [0, 0.1) is 0 Å². The van der Waals surface area contributed by atoms with Crippen molar-refractivity contribution in [1.82, 2.24) is 25.0 Å². The van der Waals surface area contributed by atoms with E-state index in [1.807, 2.05) is 10.7 Å². The number of nitrogens with two attached hydrogens (primary N) is 1. The number of hydrogen-bond donors (Lipinski definition) is 1. The summed E-state index contributed by atoms with van der Waals surface area (Å²) in [5.74, 6) is 0.381. The SMILES string of the molecule is Nc1ncnc2c1nnn2[C@H]1CCCN(c2ccccc2)C1.S. The van der Waals surface area contributed by atoms with Gasteiger partial charge >= 0.3 is 0 Å². The summed E-state index contributed by atoms with van der Waals surface area (Å²) in [4.78, 5) is 10.7. The van der Waals surface area contributed by atoms with E-state index in [-0.39, 0.29) is 19.5 Å². The Morgan fingerprint density at radius 1 is 1.13 bits per heavy atom. The van der Waals surface area contributed by atoms with E-state index in [9.17, 15) is 0 Å². The van der Waals surface area contributed by atoms with Crippen LogP contribution in [0.3, 0.4) is 0 Å². The molecule has 1 aromatic carbocycles. The summed E-state index contributed by atoms with van der Waals surface area (Å²) in [6.45, 7) is 1.96. The minimum atomic E-state index is 0. The minimum Gasteiger partial charge on any atom is -0.382 e. The summed E-state index contributed by atoms with van der Waals surface area (Å²) in [6.07, 6.45) is 3.64. The molecule has 2 N–H and O–H groups in total. The van der Waals surface area contributed by atoms with Gasteiger partial charge in [0.1, 0.15) is 6.33 Å². The lowest BCUT2D eigenvalue weighted by Crippen LogP contribution is -2.37. The molecule has 1 aliphatic rings. The Bertz CT molecular complexity index is 789. The third kappa shape index (κ3) is 2.81. The largest absolute Gasteiger partial charge is 0.382 e. The molecule has 3 aromatic rings. The van der Waals surface area contributed by atoms with E-state index in [2.05, 4.69) is 49.4 Å². The molecule has 0 bridgehead atoms. The van der Waals surface area contributed by atoms with E-state index in [1.165, 1.54) is 12.0 Å². The second-order valence-electron chi connectivity index (χ2n) is 5.54. The van der Waals surface area contributed by atoms with Crippen molar-refractivity contribution in [2.24, 2.45) is 0 Å². The zero-order chi connectivity index (χ0) is 14.9. The molecule has 0 amide bonds. The summed E-state index contributed by atoms with van der Waals surface area (Å²) in [5, 5.41) is 8.40. The fourth-order valence-electron chi connectivity index (χ4n) is 3.06. The van der Waals surface area contributed by atoms with Crippen LogP contribution in [0.25, 0.3) is 11.2 Å². The van der Waals surface area contributed by atoms with Crippen molar-refractivity contribution in [2.75, 3.05) is 23.7 Å². The van der Waals surface area contributed by atoms with Crippen molar-refractivity contribution < 1.29 is 0 Å². The fourth-order valence-corrected chi connectivity index (χ4v) is 3.06. The first-order chi connectivity index (χ1) is 10.8. The number of nitrogen functional groups attached to an aromatic ring is 1. The van der Waals surface area contributed by atoms with Gasteiger partial charge in [-0.25, -0.2) is 14.6 Å². The Kier molecular flexibility index (Phi) is 4.33. The number of hydrogen-bond acceptors (Lipinski definition) is 6. The highest BCUT2D eigenvalue weighted by atomic mass is 32.1. The molecule has 8 heteroatoms. The lowest BCUT2D eigenvalue weighted by molar-refractivity contribution is 0.376. The molecular weight excluding hydrogens is 310 g/mol. The molecule has 1 aliphatic heterocycles. The average Bonchev–Trinajstić information content (AvgIpc) is 3.01. The molecule has 2 aromatic heterocycles. The standard InChI is InChI=1S/C15H17N7.H2S/c16-14-13-15(18-10-17-14)22(20-19-13)12-7-4-8-21(9-12)11-5-2-1-3-6-11;/h1-3,5-6,10,12H,4,7-9H2,(H2,16,17,18);1H2/t12-;/m0./s1. The number of benzene rings is 1. The Morgan fingerprint density at radius 2 is 1.96 bits per heavy atom. The molecule has 120 valence electrons. The molecule has 4 rings (SSSR count). The van der Waals surface area contributed by atoms with Gasteiger partial charge in [0.05, 0.1) is 6.04 Å². The minimum absolute atomic E-state index is 0. The monoisotopic (exact) mass is 329 g/mol. The van der Waals surface area contributed by atoms with Gasteiger partial charge in [0, 0.05) is 18.8 Å². The van der Waals surface area contributed by atoms with Gasteiger partial charge in [0.25, 0.3) is 0 Å². The van der Waals surface area contributed by atoms with Crippen molar-refractivity contribution in [3.63, 3.8) is 0 Å². The number of anilines is 2. The van der Waals surface area contributed by atoms with Gasteiger partial charge in [0.2, 0.25) is 0 Å². The number of fused-ring (bicyclic) bond motifs is 1. The molecule has 23 heavy (non-hydrogen) atoms. The maximum atomic E-state index is 5.84. The molecule has 7 nitrogen and oxygen atoms in total. The van der Waals surface area contributed by atoms with Crippen LogP contribution in [-0.2, 0) is 0 Å². The van der Waals surface area contributed by atoms with E-state index >= 15 is 0 Å². The highest BCUT2D eigenvalue weighted by molar-refractivity contribution is 7.59. The number of aromatic nitrogens is 5.